The van der Waals surface area contributed by atoms with E-state index in [0.29, 0.717) is 19.1 Å². The molecule has 0 aliphatic heterocycles. The lowest BCUT2D eigenvalue weighted by atomic mass is 10.0. The van der Waals surface area contributed by atoms with Crippen LogP contribution < -0.4 is 0 Å². The van der Waals surface area contributed by atoms with Crippen LogP contribution in [0.3, 0.4) is 0 Å². The molecule has 104 valence electrons. The molecule has 0 rings (SSSR count). The zero-order chi connectivity index (χ0) is 12.9. The van der Waals surface area contributed by atoms with E-state index in [1.165, 1.54) is 44.9 Å². The summed E-state index contributed by atoms with van der Waals surface area (Å²) in [5.74, 6) is 0. The molecule has 0 aromatic heterocycles. The van der Waals surface area contributed by atoms with Crippen LogP contribution in [0.15, 0.2) is 0 Å². The van der Waals surface area contributed by atoms with Gasteiger partial charge in [0.2, 0.25) is 0 Å². The standard InChI is InChI=1S/C14H31NO2/c1-3-5-6-7-9-14(8-4-2)15(10-12-16)11-13-17/h14,16-17H,3-13H2,1-2H3. The Morgan fingerprint density at radius 1 is 0.824 bits per heavy atom. The summed E-state index contributed by atoms with van der Waals surface area (Å²) >= 11 is 0. The Balaban J connectivity index is 4.04. The van der Waals surface area contributed by atoms with Gasteiger partial charge in [0.1, 0.15) is 0 Å². The van der Waals surface area contributed by atoms with Crippen molar-refractivity contribution >= 4 is 0 Å². The highest BCUT2D eigenvalue weighted by Crippen LogP contribution is 2.15. The summed E-state index contributed by atoms with van der Waals surface area (Å²) in [7, 11) is 0. The molecule has 0 radical (unpaired) electrons. The zero-order valence-corrected chi connectivity index (χ0v) is 11.7. The summed E-state index contributed by atoms with van der Waals surface area (Å²) in [6.07, 6.45) is 8.72. The van der Waals surface area contributed by atoms with Crippen molar-refractivity contribution in [3.8, 4) is 0 Å². The number of aliphatic hydroxyl groups is 2. The molecule has 0 spiro atoms. The maximum atomic E-state index is 9.07. The summed E-state index contributed by atoms with van der Waals surface area (Å²) in [6, 6.07) is 0.538. The first-order valence-corrected chi connectivity index (χ1v) is 7.25. The number of nitrogens with zero attached hydrogens (tertiary/aromatic N) is 1. The van der Waals surface area contributed by atoms with Gasteiger partial charge in [-0.05, 0) is 12.8 Å². The van der Waals surface area contributed by atoms with Crippen molar-refractivity contribution in [1.82, 2.24) is 4.90 Å². The molecule has 3 heteroatoms. The molecule has 0 heterocycles. The highest BCUT2D eigenvalue weighted by atomic mass is 16.3. The van der Waals surface area contributed by atoms with Gasteiger partial charge in [-0.25, -0.2) is 0 Å². The van der Waals surface area contributed by atoms with Gasteiger partial charge in [0.25, 0.3) is 0 Å². The Labute approximate surface area is 107 Å². The normalized spacial score (nSPS) is 13.2. The third-order valence-electron chi connectivity index (χ3n) is 3.30. The highest BCUT2D eigenvalue weighted by Gasteiger charge is 2.16. The summed E-state index contributed by atoms with van der Waals surface area (Å²) in [6.45, 7) is 6.20. The van der Waals surface area contributed by atoms with Crippen molar-refractivity contribution in [3.05, 3.63) is 0 Å². The van der Waals surface area contributed by atoms with E-state index < -0.39 is 0 Å². The predicted molar refractivity (Wildman–Crippen MR) is 73.2 cm³/mol. The lowest BCUT2D eigenvalue weighted by Crippen LogP contribution is -2.39. The second-order valence-electron chi connectivity index (χ2n) is 4.78. The van der Waals surface area contributed by atoms with Crippen molar-refractivity contribution in [2.24, 2.45) is 0 Å². The van der Waals surface area contributed by atoms with Gasteiger partial charge in [-0.3, -0.25) is 4.90 Å². The Hall–Kier alpha value is -0.120. The molecule has 0 fully saturated rings. The fraction of sp³-hybridized carbons (Fsp3) is 1.00. The van der Waals surface area contributed by atoms with Crippen LogP contribution in [0.25, 0.3) is 0 Å². The molecule has 0 aromatic rings. The molecule has 3 nitrogen and oxygen atoms in total. The van der Waals surface area contributed by atoms with E-state index in [0.717, 1.165) is 0 Å². The first-order valence-electron chi connectivity index (χ1n) is 7.25. The molecule has 0 amide bonds. The number of hydrogen-bond donors (Lipinski definition) is 2. The maximum Gasteiger partial charge on any atom is 0.0558 e. The second-order valence-corrected chi connectivity index (χ2v) is 4.78. The van der Waals surface area contributed by atoms with E-state index in [9.17, 15) is 0 Å². The van der Waals surface area contributed by atoms with Crippen LogP contribution in [-0.2, 0) is 0 Å². The van der Waals surface area contributed by atoms with Gasteiger partial charge >= 0.3 is 0 Å². The van der Waals surface area contributed by atoms with Crippen LogP contribution in [0, 0.1) is 0 Å². The Morgan fingerprint density at radius 2 is 1.47 bits per heavy atom. The van der Waals surface area contributed by atoms with Crippen LogP contribution >= 0.6 is 0 Å². The molecule has 1 unspecified atom stereocenters. The summed E-state index contributed by atoms with van der Waals surface area (Å²) in [5, 5.41) is 18.1. The Morgan fingerprint density at radius 3 is 1.94 bits per heavy atom. The van der Waals surface area contributed by atoms with Crippen LogP contribution in [0.5, 0.6) is 0 Å². The van der Waals surface area contributed by atoms with Crippen molar-refractivity contribution < 1.29 is 10.2 Å². The summed E-state index contributed by atoms with van der Waals surface area (Å²) < 4.78 is 0. The monoisotopic (exact) mass is 245 g/mol. The molecule has 2 N–H and O–H groups in total. The average Bonchev–Trinajstić information content (AvgIpc) is 2.33. The first-order chi connectivity index (χ1) is 8.29. The molecular formula is C14H31NO2. The molecule has 0 saturated heterocycles. The van der Waals surface area contributed by atoms with Gasteiger partial charge in [0.15, 0.2) is 0 Å². The lowest BCUT2D eigenvalue weighted by Gasteiger charge is -2.30. The first kappa shape index (κ1) is 16.9. The fourth-order valence-corrected chi connectivity index (χ4v) is 2.38. The van der Waals surface area contributed by atoms with Gasteiger partial charge in [-0.1, -0.05) is 46.0 Å². The topological polar surface area (TPSA) is 43.7 Å². The van der Waals surface area contributed by atoms with Gasteiger partial charge < -0.3 is 10.2 Å². The zero-order valence-electron chi connectivity index (χ0n) is 11.7. The molecule has 0 bridgehead atoms. The van der Waals surface area contributed by atoms with E-state index >= 15 is 0 Å². The minimum atomic E-state index is 0.190. The molecular weight excluding hydrogens is 214 g/mol. The van der Waals surface area contributed by atoms with E-state index in [4.69, 9.17) is 10.2 Å². The quantitative estimate of drug-likeness (QED) is 0.519. The van der Waals surface area contributed by atoms with Gasteiger partial charge in [-0.2, -0.15) is 0 Å². The van der Waals surface area contributed by atoms with E-state index in [2.05, 4.69) is 18.7 Å². The third kappa shape index (κ3) is 8.58. The SMILES string of the molecule is CCCCCCC(CCC)N(CCO)CCO. The number of hydrogen-bond acceptors (Lipinski definition) is 3. The molecule has 0 aromatic carbocycles. The number of rotatable bonds is 12. The van der Waals surface area contributed by atoms with Gasteiger partial charge in [0, 0.05) is 19.1 Å². The van der Waals surface area contributed by atoms with Crippen molar-refractivity contribution in [2.75, 3.05) is 26.3 Å². The van der Waals surface area contributed by atoms with E-state index in [1.807, 2.05) is 0 Å². The number of aliphatic hydroxyl groups excluding tert-OH is 2. The Kier molecular flexibility index (Phi) is 12.3. The summed E-state index contributed by atoms with van der Waals surface area (Å²) in [4.78, 5) is 2.25. The van der Waals surface area contributed by atoms with Gasteiger partial charge in [-0.15, -0.1) is 0 Å². The average molecular weight is 245 g/mol. The fourth-order valence-electron chi connectivity index (χ4n) is 2.38. The Bertz CT molecular complexity index is 147. The van der Waals surface area contributed by atoms with E-state index in [1.54, 1.807) is 0 Å². The maximum absolute atomic E-state index is 9.07. The number of unbranched alkanes of at least 4 members (excludes halogenated alkanes) is 3. The predicted octanol–water partition coefficient (Wildman–Crippen LogP) is 2.41. The lowest BCUT2D eigenvalue weighted by molar-refractivity contribution is 0.110. The van der Waals surface area contributed by atoms with Gasteiger partial charge in [0.05, 0.1) is 13.2 Å². The second kappa shape index (κ2) is 12.3. The third-order valence-corrected chi connectivity index (χ3v) is 3.30. The van der Waals surface area contributed by atoms with E-state index in [-0.39, 0.29) is 13.2 Å². The largest absolute Gasteiger partial charge is 0.395 e. The smallest absolute Gasteiger partial charge is 0.0558 e. The minimum Gasteiger partial charge on any atom is -0.395 e. The minimum absolute atomic E-state index is 0.190. The molecule has 0 aliphatic carbocycles. The van der Waals surface area contributed by atoms with Crippen molar-refractivity contribution in [2.45, 2.75) is 64.8 Å². The van der Waals surface area contributed by atoms with Crippen LogP contribution in [0.2, 0.25) is 0 Å². The summed E-state index contributed by atoms with van der Waals surface area (Å²) in [5.41, 5.74) is 0. The molecule has 1 atom stereocenters. The molecule has 17 heavy (non-hydrogen) atoms. The van der Waals surface area contributed by atoms with Crippen LogP contribution in [0.4, 0.5) is 0 Å². The highest BCUT2D eigenvalue weighted by molar-refractivity contribution is 4.71. The van der Waals surface area contributed by atoms with Crippen LogP contribution in [-0.4, -0.2) is 47.5 Å². The van der Waals surface area contributed by atoms with Crippen molar-refractivity contribution in [3.63, 3.8) is 0 Å². The molecule has 0 saturated carbocycles. The van der Waals surface area contributed by atoms with Crippen LogP contribution in [0.1, 0.15) is 58.8 Å². The molecule has 0 aliphatic rings. The van der Waals surface area contributed by atoms with Crippen molar-refractivity contribution in [1.29, 1.82) is 0 Å².